The second-order valence-corrected chi connectivity index (χ2v) is 2.20. The van der Waals surface area contributed by atoms with Crippen LogP contribution in [0.1, 0.15) is 6.92 Å². The number of cyclic esters (lactones) is 1. The number of carbonyl (C=O) groups excluding carboxylic acids is 2. The first kappa shape index (κ1) is 7.21. The topological polar surface area (TPSA) is 55.4 Å². The molecule has 10 heavy (non-hydrogen) atoms. The summed E-state index contributed by atoms with van der Waals surface area (Å²) in [6.07, 6.45) is -0.579. The van der Waals surface area contributed by atoms with Crippen LogP contribution in [-0.4, -0.2) is 30.9 Å². The Bertz CT molecular complexity index is 178. The van der Waals surface area contributed by atoms with Crippen LogP contribution in [0.3, 0.4) is 0 Å². The van der Waals surface area contributed by atoms with Crippen molar-refractivity contribution in [3.05, 3.63) is 0 Å². The molecule has 0 aromatic carbocycles. The van der Waals surface area contributed by atoms with Gasteiger partial charge in [0.2, 0.25) is 5.78 Å². The van der Waals surface area contributed by atoms with E-state index in [9.17, 15) is 9.59 Å². The maximum absolute atomic E-state index is 10.9. The SMILES string of the molecule is CNC1C(=O)OC(C)C1=O. The molecule has 1 heterocycles. The van der Waals surface area contributed by atoms with Gasteiger partial charge < -0.3 is 10.1 Å². The third-order valence-corrected chi connectivity index (χ3v) is 1.50. The first-order chi connectivity index (χ1) is 4.66. The maximum atomic E-state index is 10.9. The summed E-state index contributed by atoms with van der Waals surface area (Å²) in [7, 11) is 1.56. The fourth-order valence-corrected chi connectivity index (χ4v) is 0.911. The molecule has 2 unspecified atom stereocenters. The van der Waals surface area contributed by atoms with E-state index in [0.717, 1.165) is 0 Å². The molecule has 1 aliphatic rings. The molecule has 0 spiro atoms. The van der Waals surface area contributed by atoms with Gasteiger partial charge in [0.25, 0.3) is 0 Å². The molecule has 0 aromatic rings. The second kappa shape index (κ2) is 2.38. The van der Waals surface area contributed by atoms with Gasteiger partial charge >= 0.3 is 5.97 Å². The van der Waals surface area contributed by atoms with Gasteiger partial charge in [-0.25, -0.2) is 4.79 Å². The highest BCUT2D eigenvalue weighted by atomic mass is 16.6. The fourth-order valence-electron chi connectivity index (χ4n) is 0.911. The Hall–Kier alpha value is -0.900. The molecule has 0 amide bonds. The lowest BCUT2D eigenvalue weighted by Crippen LogP contribution is -2.36. The third-order valence-electron chi connectivity index (χ3n) is 1.50. The monoisotopic (exact) mass is 143 g/mol. The summed E-state index contributed by atoms with van der Waals surface area (Å²) in [5.41, 5.74) is 0. The van der Waals surface area contributed by atoms with Gasteiger partial charge in [-0.05, 0) is 14.0 Å². The fraction of sp³-hybridized carbons (Fsp3) is 0.667. The summed E-state index contributed by atoms with van der Waals surface area (Å²) in [4.78, 5) is 21.7. The van der Waals surface area contributed by atoms with Crippen LogP contribution in [0.4, 0.5) is 0 Å². The Kier molecular flexibility index (Phi) is 1.72. The van der Waals surface area contributed by atoms with E-state index in [1.54, 1.807) is 14.0 Å². The zero-order chi connectivity index (χ0) is 7.72. The minimum Gasteiger partial charge on any atom is -0.453 e. The first-order valence-corrected chi connectivity index (χ1v) is 3.08. The molecule has 4 nitrogen and oxygen atoms in total. The Balaban J connectivity index is 2.74. The Morgan fingerprint density at radius 1 is 1.50 bits per heavy atom. The van der Waals surface area contributed by atoms with Crippen LogP contribution >= 0.6 is 0 Å². The Morgan fingerprint density at radius 2 is 2.10 bits per heavy atom. The van der Waals surface area contributed by atoms with E-state index in [1.165, 1.54) is 0 Å². The summed E-state index contributed by atoms with van der Waals surface area (Å²) in [5, 5.41) is 2.57. The van der Waals surface area contributed by atoms with Gasteiger partial charge in [-0.1, -0.05) is 0 Å². The van der Waals surface area contributed by atoms with Crippen molar-refractivity contribution in [2.75, 3.05) is 7.05 Å². The average molecular weight is 143 g/mol. The number of ether oxygens (including phenoxy) is 1. The van der Waals surface area contributed by atoms with E-state index in [-0.39, 0.29) is 5.78 Å². The van der Waals surface area contributed by atoms with Gasteiger partial charge in [0, 0.05) is 0 Å². The number of hydrogen-bond acceptors (Lipinski definition) is 4. The van der Waals surface area contributed by atoms with Crippen molar-refractivity contribution < 1.29 is 14.3 Å². The molecule has 1 fully saturated rings. The lowest BCUT2D eigenvalue weighted by atomic mass is 10.2. The number of ketones is 1. The van der Waals surface area contributed by atoms with E-state index in [4.69, 9.17) is 0 Å². The highest BCUT2D eigenvalue weighted by Crippen LogP contribution is 2.08. The lowest BCUT2D eigenvalue weighted by Gasteiger charge is -1.98. The van der Waals surface area contributed by atoms with Crippen LogP contribution < -0.4 is 5.32 Å². The average Bonchev–Trinajstić information content (AvgIpc) is 2.09. The maximum Gasteiger partial charge on any atom is 0.331 e. The number of hydrogen-bond donors (Lipinski definition) is 1. The Morgan fingerprint density at radius 3 is 2.30 bits per heavy atom. The smallest absolute Gasteiger partial charge is 0.331 e. The van der Waals surface area contributed by atoms with Gasteiger partial charge in [-0.3, -0.25) is 4.79 Å². The zero-order valence-corrected chi connectivity index (χ0v) is 5.88. The second-order valence-electron chi connectivity index (χ2n) is 2.20. The van der Waals surface area contributed by atoms with Crippen LogP contribution in [-0.2, 0) is 14.3 Å². The molecule has 0 radical (unpaired) electrons. The van der Waals surface area contributed by atoms with E-state index in [0.29, 0.717) is 0 Å². The molecule has 1 rings (SSSR count). The van der Waals surface area contributed by atoms with Gasteiger partial charge in [0.1, 0.15) is 0 Å². The quantitative estimate of drug-likeness (QED) is 0.381. The molecule has 1 saturated heterocycles. The highest BCUT2D eigenvalue weighted by molar-refractivity contribution is 6.10. The molecule has 56 valence electrons. The predicted molar refractivity (Wildman–Crippen MR) is 33.4 cm³/mol. The molecule has 4 heteroatoms. The molecule has 0 bridgehead atoms. The standard InChI is InChI=1S/C6H9NO3/c1-3-5(8)4(7-2)6(9)10-3/h3-4,7H,1-2H3. The van der Waals surface area contributed by atoms with E-state index < -0.39 is 18.1 Å². The molecule has 1 aliphatic heterocycles. The number of nitrogens with one attached hydrogen (secondary N) is 1. The van der Waals surface area contributed by atoms with Crippen molar-refractivity contribution in [2.24, 2.45) is 0 Å². The number of likely N-dealkylation sites (N-methyl/N-ethyl adjacent to an activating group) is 1. The van der Waals surface area contributed by atoms with Gasteiger partial charge in [0.15, 0.2) is 12.1 Å². The normalized spacial score (nSPS) is 32.6. The van der Waals surface area contributed by atoms with Crippen molar-refractivity contribution in [3.63, 3.8) is 0 Å². The number of Topliss-reactive ketones (excluding diaryl/α,β-unsaturated/α-hetero) is 1. The van der Waals surface area contributed by atoms with Gasteiger partial charge in [-0.2, -0.15) is 0 Å². The van der Waals surface area contributed by atoms with Crippen molar-refractivity contribution in [1.29, 1.82) is 0 Å². The molecule has 0 saturated carbocycles. The molecule has 1 N–H and O–H groups in total. The summed E-state index contributed by atoms with van der Waals surface area (Å²) in [6.45, 7) is 1.57. The zero-order valence-electron chi connectivity index (χ0n) is 5.88. The van der Waals surface area contributed by atoms with Crippen LogP contribution in [0.5, 0.6) is 0 Å². The minimum absolute atomic E-state index is 0.187. The molecular weight excluding hydrogens is 134 g/mol. The summed E-state index contributed by atoms with van der Waals surface area (Å²) in [5.74, 6) is -0.660. The number of carbonyl (C=O) groups is 2. The van der Waals surface area contributed by atoms with Gasteiger partial charge in [0.05, 0.1) is 0 Å². The lowest BCUT2D eigenvalue weighted by molar-refractivity contribution is -0.142. The summed E-state index contributed by atoms with van der Waals surface area (Å²) in [6, 6.07) is -0.741. The molecular formula is C6H9NO3. The molecule has 2 atom stereocenters. The molecule has 0 aliphatic carbocycles. The van der Waals surface area contributed by atoms with Gasteiger partial charge in [-0.15, -0.1) is 0 Å². The van der Waals surface area contributed by atoms with Crippen LogP contribution in [0.2, 0.25) is 0 Å². The van der Waals surface area contributed by atoms with Crippen molar-refractivity contribution >= 4 is 11.8 Å². The summed E-state index contributed by atoms with van der Waals surface area (Å²) >= 11 is 0. The Labute approximate surface area is 58.5 Å². The number of rotatable bonds is 1. The largest absolute Gasteiger partial charge is 0.453 e. The van der Waals surface area contributed by atoms with Crippen LogP contribution in [0.25, 0.3) is 0 Å². The van der Waals surface area contributed by atoms with E-state index in [1.807, 2.05) is 0 Å². The number of esters is 1. The van der Waals surface area contributed by atoms with Crippen molar-refractivity contribution in [2.45, 2.75) is 19.1 Å². The van der Waals surface area contributed by atoms with Crippen molar-refractivity contribution in [1.82, 2.24) is 5.32 Å². The van der Waals surface area contributed by atoms with E-state index in [2.05, 4.69) is 10.1 Å². The first-order valence-electron chi connectivity index (χ1n) is 3.08. The molecule has 0 aromatic heterocycles. The van der Waals surface area contributed by atoms with Crippen LogP contribution in [0.15, 0.2) is 0 Å². The third kappa shape index (κ3) is 0.903. The van der Waals surface area contributed by atoms with Crippen LogP contribution in [0, 0.1) is 0 Å². The minimum atomic E-state index is -0.741. The highest BCUT2D eigenvalue weighted by Gasteiger charge is 2.39. The van der Waals surface area contributed by atoms with E-state index >= 15 is 0 Å². The van der Waals surface area contributed by atoms with Crippen molar-refractivity contribution in [3.8, 4) is 0 Å². The predicted octanol–water partition coefficient (Wildman–Crippen LogP) is -0.911. The summed E-state index contributed by atoms with van der Waals surface area (Å²) < 4.78 is 4.63.